The minimum Gasteiger partial charge on any atom is -0.481 e. The van der Waals surface area contributed by atoms with Crippen LogP contribution < -0.4 is 0 Å². The minimum absolute atomic E-state index is 0.0482. The number of rotatable bonds is 5. The van der Waals surface area contributed by atoms with Crippen molar-refractivity contribution < 1.29 is 19.1 Å². The lowest BCUT2D eigenvalue weighted by Gasteiger charge is -2.26. The number of amides is 1. The number of hydrogen-bond acceptors (Lipinski definition) is 2. The second-order valence-corrected chi connectivity index (χ2v) is 5.19. The molecule has 0 fully saturated rings. The zero-order chi connectivity index (χ0) is 14.6. The Hall–Kier alpha value is -1.43. The Morgan fingerprint density at radius 3 is 2.53 bits per heavy atom. The van der Waals surface area contributed by atoms with Crippen LogP contribution in [0.3, 0.4) is 0 Å². The quantitative estimate of drug-likeness (QED) is 0.902. The van der Waals surface area contributed by atoms with E-state index in [0.29, 0.717) is 4.47 Å². The largest absolute Gasteiger partial charge is 0.481 e. The van der Waals surface area contributed by atoms with E-state index < -0.39 is 17.7 Å². The van der Waals surface area contributed by atoms with Crippen LogP contribution in [0.5, 0.6) is 0 Å². The van der Waals surface area contributed by atoms with Gasteiger partial charge in [0.1, 0.15) is 5.82 Å². The molecule has 1 amide bonds. The summed E-state index contributed by atoms with van der Waals surface area (Å²) in [7, 11) is 0. The summed E-state index contributed by atoms with van der Waals surface area (Å²) in [4.78, 5) is 24.2. The number of carboxylic acids is 1. The van der Waals surface area contributed by atoms with Crippen molar-refractivity contribution in [1.29, 1.82) is 0 Å². The van der Waals surface area contributed by atoms with E-state index in [1.807, 2.05) is 0 Å². The number of hydrogen-bond donors (Lipinski definition) is 1. The van der Waals surface area contributed by atoms with Crippen molar-refractivity contribution in [3.05, 3.63) is 34.1 Å². The SMILES string of the molecule is CC(C)N(CCC(=O)O)C(=O)c1c(F)cccc1Br. The fourth-order valence-corrected chi connectivity index (χ4v) is 2.17. The maximum absolute atomic E-state index is 13.7. The van der Waals surface area contributed by atoms with Gasteiger partial charge in [0.05, 0.1) is 12.0 Å². The summed E-state index contributed by atoms with van der Waals surface area (Å²) in [6.45, 7) is 3.57. The summed E-state index contributed by atoms with van der Waals surface area (Å²) >= 11 is 3.14. The summed E-state index contributed by atoms with van der Waals surface area (Å²) in [5.41, 5.74) is -0.0680. The van der Waals surface area contributed by atoms with Crippen molar-refractivity contribution in [2.75, 3.05) is 6.54 Å². The van der Waals surface area contributed by atoms with Crippen LogP contribution in [-0.4, -0.2) is 34.5 Å². The Kier molecular flexibility index (Phi) is 5.47. The second kappa shape index (κ2) is 6.65. The van der Waals surface area contributed by atoms with Gasteiger partial charge in [0.2, 0.25) is 0 Å². The molecule has 0 spiro atoms. The Balaban J connectivity index is 3.03. The maximum atomic E-state index is 13.7. The van der Waals surface area contributed by atoms with Crippen molar-refractivity contribution in [2.24, 2.45) is 0 Å². The molecule has 104 valence electrons. The zero-order valence-corrected chi connectivity index (χ0v) is 12.3. The van der Waals surface area contributed by atoms with Crippen molar-refractivity contribution in [3.8, 4) is 0 Å². The number of carboxylic acid groups (broad SMARTS) is 1. The van der Waals surface area contributed by atoms with Crippen LogP contribution in [0.1, 0.15) is 30.6 Å². The van der Waals surface area contributed by atoms with Crippen LogP contribution in [0.2, 0.25) is 0 Å². The van der Waals surface area contributed by atoms with Crippen LogP contribution in [0.25, 0.3) is 0 Å². The fourth-order valence-electron chi connectivity index (χ4n) is 1.66. The topological polar surface area (TPSA) is 57.6 Å². The molecule has 0 radical (unpaired) electrons. The van der Waals surface area contributed by atoms with Gasteiger partial charge in [0, 0.05) is 17.1 Å². The van der Waals surface area contributed by atoms with Gasteiger partial charge in [-0.15, -0.1) is 0 Å². The van der Waals surface area contributed by atoms with Gasteiger partial charge < -0.3 is 10.0 Å². The third kappa shape index (κ3) is 4.02. The van der Waals surface area contributed by atoms with Crippen LogP contribution in [0.15, 0.2) is 22.7 Å². The zero-order valence-electron chi connectivity index (χ0n) is 10.7. The van der Waals surface area contributed by atoms with E-state index >= 15 is 0 Å². The molecule has 0 aromatic heterocycles. The first kappa shape index (κ1) is 15.6. The standard InChI is InChI=1S/C13H15BrFNO3/c1-8(2)16(7-6-11(17)18)13(19)12-9(14)4-3-5-10(12)15/h3-5,8H,6-7H2,1-2H3,(H,17,18). The highest BCUT2D eigenvalue weighted by Gasteiger charge is 2.24. The highest BCUT2D eigenvalue weighted by Crippen LogP contribution is 2.22. The normalized spacial score (nSPS) is 10.6. The average Bonchev–Trinajstić information content (AvgIpc) is 2.27. The highest BCUT2D eigenvalue weighted by atomic mass is 79.9. The molecule has 1 N–H and O–H groups in total. The average molecular weight is 332 g/mol. The molecule has 1 rings (SSSR count). The van der Waals surface area contributed by atoms with Crippen molar-refractivity contribution in [3.63, 3.8) is 0 Å². The van der Waals surface area contributed by atoms with Gasteiger partial charge in [-0.1, -0.05) is 6.07 Å². The molecule has 0 aliphatic carbocycles. The van der Waals surface area contributed by atoms with Crippen molar-refractivity contribution >= 4 is 27.8 Å². The minimum atomic E-state index is -0.994. The number of halogens is 2. The van der Waals surface area contributed by atoms with Gasteiger partial charge in [0.15, 0.2) is 0 Å². The van der Waals surface area contributed by atoms with E-state index in [-0.39, 0.29) is 24.6 Å². The summed E-state index contributed by atoms with van der Waals surface area (Å²) in [5.74, 6) is -2.13. The van der Waals surface area contributed by atoms with E-state index in [9.17, 15) is 14.0 Å². The van der Waals surface area contributed by atoms with Gasteiger partial charge in [-0.2, -0.15) is 0 Å². The van der Waals surface area contributed by atoms with E-state index in [1.165, 1.54) is 17.0 Å². The molecule has 19 heavy (non-hydrogen) atoms. The molecule has 4 nitrogen and oxygen atoms in total. The molecule has 0 aliphatic heterocycles. The number of nitrogens with zero attached hydrogens (tertiary/aromatic N) is 1. The molecule has 1 aromatic rings. The van der Waals surface area contributed by atoms with Gasteiger partial charge in [-0.3, -0.25) is 9.59 Å². The van der Waals surface area contributed by atoms with E-state index in [1.54, 1.807) is 19.9 Å². The molecule has 0 unspecified atom stereocenters. The van der Waals surface area contributed by atoms with E-state index in [0.717, 1.165) is 0 Å². The van der Waals surface area contributed by atoms with E-state index in [2.05, 4.69) is 15.9 Å². The first-order valence-electron chi connectivity index (χ1n) is 5.81. The Labute approximate surface area is 119 Å². The lowest BCUT2D eigenvalue weighted by atomic mass is 10.1. The number of benzene rings is 1. The fraction of sp³-hybridized carbons (Fsp3) is 0.385. The third-order valence-corrected chi connectivity index (χ3v) is 3.29. The molecule has 0 heterocycles. The van der Waals surface area contributed by atoms with E-state index in [4.69, 9.17) is 5.11 Å². The molecule has 6 heteroatoms. The molecule has 0 saturated carbocycles. The molecule has 1 aromatic carbocycles. The van der Waals surface area contributed by atoms with Crippen LogP contribution in [0.4, 0.5) is 4.39 Å². The van der Waals surface area contributed by atoms with Gasteiger partial charge in [-0.25, -0.2) is 4.39 Å². The molecule has 0 atom stereocenters. The van der Waals surface area contributed by atoms with Crippen LogP contribution in [0, 0.1) is 5.82 Å². The first-order chi connectivity index (χ1) is 8.84. The molecular formula is C13H15BrFNO3. The molecular weight excluding hydrogens is 317 g/mol. The van der Waals surface area contributed by atoms with Crippen molar-refractivity contribution in [2.45, 2.75) is 26.3 Å². The van der Waals surface area contributed by atoms with Crippen LogP contribution >= 0.6 is 15.9 Å². The first-order valence-corrected chi connectivity index (χ1v) is 6.60. The highest BCUT2D eigenvalue weighted by molar-refractivity contribution is 9.10. The predicted octanol–water partition coefficient (Wildman–Crippen LogP) is 2.91. The second-order valence-electron chi connectivity index (χ2n) is 4.33. The summed E-state index contributed by atoms with van der Waals surface area (Å²) in [6, 6.07) is 4.06. The van der Waals surface area contributed by atoms with Crippen molar-refractivity contribution in [1.82, 2.24) is 4.90 Å². The Morgan fingerprint density at radius 1 is 1.42 bits per heavy atom. The summed E-state index contributed by atoms with van der Waals surface area (Å²) in [6.07, 6.45) is -0.171. The molecule has 0 bridgehead atoms. The number of carbonyl (C=O) groups is 2. The van der Waals surface area contributed by atoms with Crippen LogP contribution in [-0.2, 0) is 4.79 Å². The smallest absolute Gasteiger partial charge is 0.305 e. The summed E-state index contributed by atoms with van der Waals surface area (Å²) in [5, 5.41) is 8.68. The molecule has 0 aliphatic rings. The number of aliphatic carboxylic acids is 1. The van der Waals surface area contributed by atoms with Gasteiger partial charge in [-0.05, 0) is 41.9 Å². The Bertz CT molecular complexity index is 471. The Morgan fingerprint density at radius 2 is 2.05 bits per heavy atom. The third-order valence-electron chi connectivity index (χ3n) is 2.63. The lowest BCUT2D eigenvalue weighted by Crippen LogP contribution is -2.39. The monoisotopic (exact) mass is 331 g/mol. The predicted molar refractivity (Wildman–Crippen MR) is 72.5 cm³/mol. The van der Waals surface area contributed by atoms with Gasteiger partial charge >= 0.3 is 5.97 Å². The molecule has 0 saturated heterocycles. The van der Waals surface area contributed by atoms with Gasteiger partial charge in [0.25, 0.3) is 5.91 Å². The summed E-state index contributed by atoms with van der Waals surface area (Å²) < 4.78 is 14.1. The maximum Gasteiger partial charge on any atom is 0.305 e. The lowest BCUT2D eigenvalue weighted by molar-refractivity contribution is -0.137. The number of carbonyl (C=O) groups excluding carboxylic acids is 1.